The van der Waals surface area contributed by atoms with Crippen LogP contribution in [0.15, 0.2) is 0 Å². The quantitative estimate of drug-likeness (QED) is 0.401. The Balaban J connectivity index is 3.15. The van der Waals surface area contributed by atoms with E-state index in [0.717, 1.165) is 11.8 Å². The molecule has 0 saturated carbocycles. The molecule has 3 nitrogen and oxygen atoms in total. The lowest BCUT2D eigenvalue weighted by atomic mass is 10.8. The van der Waals surface area contributed by atoms with Gasteiger partial charge in [-0.25, -0.2) is 0 Å². The molecule has 0 aliphatic rings. The Kier molecular flexibility index (Phi) is 4.08. The molecular formula is C4H5NO2S. The van der Waals surface area contributed by atoms with Gasteiger partial charge in [0.25, 0.3) is 0 Å². The Morgan fingerprint density at radius 1 is 2.00 bits per heavy atom. The number of thiocyanates is 1. The fourth-order valence-electron chi connectivity index (χ4n) is 0.150. The van der Waals surface area contributed by atoms with Gasteiger partial charge in [0, 0.05) is 0 Å². The molecule has 0 rings (SSSR count). The molecule has 0 radical (unpaired) electrons. The van der Waals surface area contributed by atoms with Crippen LogP contribution >= 0.6 is 11.8 Å². The molecule has 0 saturated heterocycles. The van der Waals surface area contributed by atoms with E-state index in [1.165, 1.54) is 7.11 Å². The number of carbonyl (C=O) groups excluding carboxylic acids is 1. The molecule has 0 N–H and O–H groups in total. The molecule has 0 atom stereocenters. The highest BCUT2D eigenvalue weighted by Gasteiger charge is 1.96. The minimum Gasteiger partial charge on any atom is -0.468 e. The first-order valence-electron chi connectivity index (χ1n) is 1.89. The number of hydrogen-bond donors (Lipinski definition) is 0. The van der Waals surface area contributed by atoms with Crippen LogP contribution in [0.25, 0.3) is 0 Å². The summed E-state index contributed by atoms with van der Waals surface area (Å²) in [5, 5.41) is 9.66. The third-order valence-electron chi connectivity index (χ3n) is 0.482. The molecule has 0 aromatic rings. The van der Waals surface area contributed by atoms with Crippen molar-refractivity contribution < 1.29 is 9.53 Å². The number of nitriles is 1. The third kappa shape index (κ3) is 3.50. The van der Waals surface area contributed by atoms with Gasteiger partial charge in [-0.1, -0.05) is 0 Å². The van der Waals surface area contributed by atoms with Gasteiger partial charge in [-0.2, -0.15) is 5.26 Å². The molecule has 0 unspecified atom stereocenters. The minimum absolute atomic E-state index is 0.118. The summed E-state index contributed by atoms with van der Waals surface area (Å²) in [4.78, 5) is 10.2. The largest absolute Gasteiger partial charge is 0.468 e. The van der Waals surface area contributed by atoms with Crippen LogP contribution in [0.1, 0.15) is 0 Å². The molecule has 0 heterocycles. The maximum atomic E-state index is 10.2. The van der Waals surface area contributed by atoms with Gasteiger partial charge in [-0.3, -0.25) is 4.79 Å². The predicted octanol–water partition coefficient (Wildman–Crippen LogP) is 0.374. The van der Waals surface area contributed by atoms with E-state index < -0.39 is 0 Å². The SMILES string of the molecule is COC(=O)CSC#N. The van der Waals surface area contributed by atoms with E-state index in [2.05, 4.69) is 4.74 Å². The monoisotopic (exact) mass is 131 g/mol. The van der Waals surface area contributed by atoms with E-state index in [1.807, 2.05) is 0 Å². The van der Waals surface area contributed by atoms with Crippen LogP contribution in [0, 0.1) is 10.7 Å². The summed E-state index contributed by atoms with van der Waals surface area (Å²) in [6.45, 7) is 0. The first kappa shape index (κ1) is 7.31. The van der Waals surface area contributed by atoms with Crippen molar-refractivity contribution in [2.45, 2.75) is 0 Å². The summed E-state index contributed by atoms with van der Waals surface area (Å²) in [6.07, 6.45) is 0. The summed E-state index contributed by atoms with van der Waals surface area (Å²) in [5.74, 6) is -0.246. The van der Waals surface area contributed by atoms with Crippen LogP contribution in [0.2, 0.25) is 0 Å². The summed E-state index contributed by atoms with van der Waals surface area (Å²) < 4.78 is 4.24. The number of methoxy groups -OCH3 is 1. The van der Waals surface area contributed by atoms with Crippen LogP contribution in [0.4, 0.5) is 0 Å². The molecule has 0 fully saturated rings. The number of esters is 1. The fraction of sp³-hybridized carbons (Fsp3) is 0.500. The molecule has 0 bridgehead atoms. The van der Waals surface area contributed by atoms with Gasteiger partial charge in [0.2, 0.25) is 0 Å². The summed E-state index contributed by atoms with van der Waals surface area (Å²) in [5.41, 5.74) is 0. The van der Waals surface area contributed by atoms with Crippen molar-refractivity contribution in [1.82, 2.24) is 0 Å². The van der Waals surface area contributed by atoms with E-state index in [4.69, 9.17) is 5.26 Å². The average Bonchev–Trinajstić information content (AvgIpc) is 1.83. The normalized spacial score (nSPS) is 7.50. The van der Waals surface area contributed by atoms with E-state index in [0.29, 0.717) is 0 Å². The van der Waals surface area contributed by atoms with Crippen molar-refractivity contribution >= 4 is 17.7 Å². The van der Waals surface area contributed by atoms with E-state index in [-0.39, 0.29) is 11.7 Å². The van der Waals surface area contributed by atoms with E-state index in [1.54, 1.807) is 5.40 Å². The van der Waals surface area contributed by atoms with Crippen LogP contribution < -0.4 is 0 Å². The van der Waals surface area contributed by atoms with Crippen molar-refractivity contribution in [3.8, 4) is 5.40 Å². The Morgan fingerprint density at radius 2 is 2.62 bits per heavy atom. The fourth-order valence-corrected chi connectivity index (χ4v) is 0.450. The van der Waals surface area contributed by atoms with Crippen molar-refractivity contribution in [1.29, 1.82) is 5.26 Å². The van der Waals surface area contributed by atoms with Crippen molar-refractivity contribution in [2.24, 2.45) is 0 Å². The molecule has 8 heavy (non-hydrogen) atoms. The molecule has 0 aliphatic heterocycles. The van der Waals surface area contributed by atoms with Crippen molar-refractivity contribution in [2.75, 3.05) is 12.9 Å². The lowest BCUT2D eigenvalue weighted by molar-refractivity contribution is -0.137. The molecular weight excluding hydrogens is 126 g/mol. The first-order valence-corrected chi connectivity index (χ1v) is 2.87. The van der Waals surface area contributed by atoms with Gasteiger partial charge in [-0.15, -0.1) is 0 Å². The van der Waals surface area contributed by atoms with Gasteiger partial charge < -0.3 is 4.74 Å². The number of nitrogens with zero attached hydrogens (tertiary/aromatic N) is 1. The lowest BCUT2D eigenvalue weighted by Crippen LogP contribution is -2.01. The average molecular weight is 131 g/mol. The second kappa shape index (κ2) is 4.47. The zero-order valence-electron chi connectivity index (χ0n) is 4.38. The molecule has 44 valence electrons. The number of carbonyl (C=O) groups is 1. The zero-order valence-corrected chi connectivity index (χ0v) is 5.20. The molecule has 0 aliphatic carbocycles. The van der Waals surface area contributed by atoms with Gasteiger partial charge in [-0.05, 0) is 11.8 Å². The topological polar surface area (TPSA) is 50.1 Å². The highest BCUT2D eigenvalue weighted by atomic mass is 32.2. The third-order valence-corrected chi connectivity index (χ3v) is 0.991. The second-order valence-electron chi connectivity index (χ2n) is 0.956. The second-order valence-corrected chi connectivity index (χ2v) is 1.72. The van der Waals surface area contributed by atoms with Gasteiger partial charge in [0.05, 0.1) is 7.11 Å². The Morgan fingerprint density at radius 3 is 3.00 bits per heavy atom. The van der Waals surface area contributed by atoms with Gasteiger partial charge in [0.1, 0.15) is 11.2 Å². The number of ether oxygens (including phenoxy) is 1. The van der Waals surface area contributed by atoms with E-state index >= 15 is 0 Å². The first-order chi connectivity index (χ1) is 3.81. The number of thioether (sulfide) groups is 1. The smallest absolute Gasteiger partial charge is 0.316 e. The highest BCUT2D eigenvalue weighted by Crippen LogP contribution is 1.94. The number of hydrogen-bond acceptors (Lipinski definition) is 4. The van der Waals surface area contributed by atoms with Gasteiger partial charge in [0.15, 0.2) is 0 Å². The summed E-state index contributed by atoms with van der Waals surface area (Å²) in [6, 6.07) is 0. The van der Waals surface area contributed by atoms with Gasteiger partial charge >= 0.3 is 5.97 Å². The molecule has 0 aromatic heterocycles. The summed E-state index contributed by atoms with van der Waals surface area (Å²) in [7, 11) is 1.29. The van der Waals surface area contributed by atoms with Crippen LogP contribution in [0.3, 0.4) is 0 Å². The maximum Gasteiger partial charge on any atom is 0.316 e. The molecule has 0 aromatic carbocycles. The van der Waals surface area contributed by atoms with Crippen LogP contribution in [0.5, 0.6) is 0 Å². The maximum absolute atomic E-state index is 10.2. The lowest BCUT2D eigenvalue weighted by Gasteiger charge is -1.89. The van der Waals surface area contributed by atoms with Crippen molar-refractivity contribution in [3.05, 3.63) is 0 Å². The summed E-state index contributed by atoms with van der Waals surface area (Å²) >= 11 is 0.872. The Bertz CT molecular complexity index is 118. The molecule has 4 heteroatoms. The zero-order chi connectivity index (χ0) is 6.41. The standard InChI is InChI=1S/C4H5NO2S/c1-7-4(6)2-8-3-5/h2H2,1H3. The molecule has 0 spiro atoms. The Hall–Kier alpha value is -0.690. The Labute approximate surface area is 51.6 Å². The van der Waals surface area contributed by atoms with Crippen LogP contribution in [-0.4, -0.2) is 18.8 Å². The van der Waals surface area contributed by atoms with Crippen LogP contribution in [-0.2, 0) is 9.53 Å². The van der Waals surface area contributed by atoms with E-state index in [9.17, 15) is 4.79 Å². The predicted molar refractivity (Wildman–Crippen MR) is 30.1 cm³/mol. The molecule has 0 amide bonds. The highest BCUT2D eigenvalue weighted by molar-refractivity contribution is 8.04. The van der Waals surface area contributed by atoms with Crippen molar-refractivity contribution in [3.63, 3.8) is 0 Å². The number of rotatable bonds is 2. The minimum atomic E-state index is -0.364.